The molecule has 0 N–H and O–H groups in total. The third kappa shape index (κ3) is 3.54. The van der Waals surface area contributed by atoms with Crippen LogP contribution in [0.3, 0.4) is 0 Å². The molecule has 4 rings (SSSR count). The van der Waals surface area contributed by atoms with Crippen molar-refractivity contribution >= 4 is 39.0 Å². The predicted molar refractivity (Wildman–Crippen MR) is 119 cm³/mol. The highest BCUT2D eigenvalue weighted by Crippen LogP contribution is 2.29. The molecule has 0 bridgehead atoms. The van der Waals surface area contributed by atoms with Crippen LogP contribution in [0.4, 0.5) is 0 Å². The summed E-state index contributed by atoms with van der Waals surface area (Å²) < 4.78 is 3.16. The van der Waals surface area contributed by atoms with Crippen molar-refractivity contribution in [3.8, 4) is 0 Å². The lowest BCUT2D eigenvalue weighted by molar-refractivity contribution is 0.672. The second kappa shape index (κ2) is 7.61. The zero-order valence-corrected chi connectivity index (χ0v) is 18.1. The van der Waals surface area contributed by atoms with Gasteiger partial charge in [-0.2, -0.15) is 0 Å². The Morgan fingerprint density at radius 3 is 2.76 bits per heavy atom. The van der Waals surface area contributed by atoms with Crippen molar-refractivity contribution in [2.75, 3.05) is 0 Å². The Kier molecular flexibility index (Phi) is 5.14. The fourth-order valence-corrected chi connectivity index (χ4v) is 5.15. The first-order valence-corrected chi connectivity index (χ1v) is 10.9. The predicted octanol–water partition coefficient (Wildman–Crippen LogP) is 3.87. The molecular weight excluding hydrogens is 404 g/mol. The van der Waals surface area contributed by atoms with Crippen LogP contribution >= 0.6 is 23.1 Å². The van der Waals surface area contributed by atoms with Crippen molar-refractivity contribution in [1.82, 2.24) is 18.9 Å². The number of aromatic nitrogens is 4. The van der Waals surface area contributed by atoms with Crippen LogP contribution in [0, 0.1) is 20.8 Å². The van der Waals surface area contributed by atoms with Crippen molar-refractivity contribution in [2.24, 2.45) is 0 Å². The fourth-order valence-electron chi connectivity index (χ4n) is 3.18. The number of hydrogen-bond acceptors (Lipinski definition) is 6. The molecule has 0 amide bonds. The molecule has 4 aromatic rings. The molecule has 0 aliphatic rings. The van der Waals surface area contributed by atoms with E-state index < -0.39 is 0 Å². The van der Waals surface area contributed by atoms with Crippen LogP contribution in [-0.2, 0) is 12.3 Å². The number of thioether (sulfide) groups is 1. The molecule has 0 radical (unpaired) electrons. The summed E-state index contributed by atoms with van der Waals surface area (Å²) in [5, 5.41) is 1.28. The highest BCUT2D eigenvalue weighted by molar-refractivity contribution is 7.98. The van der Waals surface area contributed by atoms with Crippen molar-refractivity contribution in [1.29, 1.82) is 0 Å². The number of aryl methyl sites for hydroxylation is 3. The third-order valence-corrected chi connectivity index (χ3v) is 6.90. The first kappa shape index (κ1) is 19.6. The Morgan fingerprint density at radius 2 is 2.00 bits per heavy atom. The minimum absolute atomic E-state index is 0.0542. The van der Waals surface area contributed by atoms with Gasteiger partial charge in [-0.15, -0.1) is 17.9 Å². The fraction of sp³-hybridized carbons (Fsp3) is 0.238. The van der Waals surface area contributed by atoms with Crippen molar-refractivity contribution < 1.29 is 0 Å². The Bertz CT molecular complexity index is 1380. The van der Waals surface area contributed by atoms with E-state index in [1.807, 2.05) is 32.9 Å². The van der Waals surface area contributed by atoms with Crippen molar-refractivity contribution in [2.45, 2.75) is 38.2 Å². The van der Waals surface area contributed by atoms with Gasteiger partial charge in [0, 0.05) is 29.4 Å². The molecule has 8 heteroatoms. The Balaban J connectivity index is 1.75. The van der Waals surface area contributed by atoms with Gasteiger partial charge in [-0.3, -0.25) is 18.6 Å². The second-order valence-corrected chi connectivity index (χ2v) is 9.01. The van der Waals surface area contributed by atoms with E-state index in [4.69, 9.17) is 4.98 Å². The van der Waals surface area contributed by atoms with Gasteiger partial charge in [0.1, 0.15) is 10.5 Å². The van der Waals surface area contributed by atoms with Crippen LogP contribution in [-0.4, -0.2) is 18.9 Å². The van der Waals surface area contributed by atoms with Crippen LogP contribution in [0.1, 0.15) is 21.7 Å². The van der Waals surface area contributed by atoms with E-state index in [-0.39, 0.29) is 11.1 Å². The highest BCUT2D eigenvalue weighted by atomic mass is 32.2. The molecule has 0 saturated carbocycles. The Morgan fingerprint density at radius 1 is 1.21 bits per heavy atom. The van der Waals surface area contributed by atoms with Gasteiger partial charge < -0.3 is 0 Å². The van der Waals surface area contributed by atoms with Gasteiger partial charge in [0.25, 0.3) is 11.1 Å². The maximum Gasteiger partial charge on any atom is 0.263 e. The zero-order valence-electron chi connectivity index (χ0n) is 16.4. The van der Waals surface area contributed by atoms with Gasteiger partial charge in [0.15, 0.2) is 5.16 Å². The number of nitrogens with zero attached hydrogens (tertiary/aromatic N) is 4. The summed E-state index contributed by atoms with van der Waals surface area (Å²) in [4.78, 5) is 36.6. The number of thiophene rings is 1. The molecule has 4 aromatic heterocycles. The van der Waals surface area contributed by atoms with Crippen LogP contribution in [0.25, 0.3) is 15.9 Å². The zero-order chi connectivity index (χ0) is 20.7. The molecule has 0 spiro atoms. The molecule has 0 aliphatic heterocycles. The molecule has 4 heterocycles. The summed E-state index contributed by atoms with van der Waals surface area (Å²) in [6.07, 6.45) is 3.42. The highest BCUT2D eigenvalue weighted by Gasteiger charge is 2.16. The van der Waals surface area contributed by atoms with Gasteiger partial charge in [-0.1, -0.05) is 17.8 Å². The standard InChI is InChI=1S/C21H20N4O2S2/c1-5-7-25-20(27)18-13(3)14(4)29-19(18)23-21(25)28-11-15-10-17(26)24-8-6-12(2)9-16(24)22-15/h5-6,8-10H,1,7,11H2,2-4H3. The molecule has 0 unspecified atom stereocenters. The normalized spacial score (nSPS) is 11.4. The Hall–Kier alpha value is -2.71. The third-order valence-electron chi connectivity index (χ3n) is 4.79. The van der Waals surface area contributed by atoms with Crippen LogP contribution in [0.15, 0.2) is 51.8 Å². The van der Waals surface area contributed by atoms with Crippen LogP contribution in [0.5, 0.6) is 0 Å². The quantitative estimate of drug-likeness (QED) is 0.276. The first-order valence-electron chi connectivity index (χ1n) is 9.12. The van der Waals surface area contributed by atoms with Gasteiger partial charge in [-0.25, -0.2) is 9.97 Å². The molecule has 0 aromatic carbocycles. The van der Waals surface area contributed by atoms with E-state index in [1.165, 1.54) is 33.6 Å². The smallest absolute Gasteiger partial charge is 0.263 e. The summed E-state index contributed by atoms with van der Waals surface area (Å²) in [6, 6.07) is 5.29. The molecule has 0 aliphatic carbocycles. The second-order valence-electron chi connectivity index (χ2n) is 6.87. The molecule has 29 heavy (non-hydrogen) atoms. The lowest BCUT2D eigenvalue weighted by Crippen LogP contribution is -2.22. The van der Waals surface area contributed by atoms with E-state index >= 15 is 0 Å². The van der Waals surface area contributed by atoms with Gasteiger partial charge >= 0.3 is 0 Å². The maximum atomic E-state index is 13.1. The first-order chi connectivity index (χ1) is 13.9. The van der Waals surface area contributed by atoms with Crippen LogP contribution in [0.2, 0.25) is 0 Å². The van der Waals surface area contributed by atoms with E-state index in [0.717, 1.165) is 20.8 Å². The molecule has 0 fully saturated rings. The summed E-state index contributed by atoms with van der Waals surface area (Å²) in [5.41, 5.74) is 3.12. The number of allylic oxidation sites excluding steroid dienone is 1. The SMILES string of the molecule is C=CCn1c(SCc2cc(=O)n3ccc(C)cc3n2)nc2sc(C)c(C)c2c1=O. The lowest BCUT2D eigenvalue weighted by atomic mass is 10.2. The van der Waals surface area contributed by atoms with E-state index in [0.29, 0.717) is 34.2 Å². The summed E-state index contributed by atoms with van der Waals surface area (Å²) >= 11 is 2.93. The average molecular weight is 425 g/mol. The van der Waals surface area contributed by atoms with Gasteiger partial charge in [-0.05, 0) is 44.0 Å². The van der Waals surface area contributed by atoms with E-state index in [9.17, 15) is 9.59 Å². The number of rotatable bonds is 5. The largest absolute Gasteiger partial charge is 0.283 e. The monoisotopic (exact) mass is 424 g/mol. The Labute approximate surface area is 175 Å². The summed E-state index contributed by atoms with van der Waals surface area (Å²) in [6.45, 7) is 10.1. The van der Waals surface area contributed by atoms with Crippen molar-refractivity contribution in [3.05, 3.63) is 79.5 Å². The number of pyridine rings is 1. The van der Waals surface area contributed by atoms with Gasteiger partial charge in [0.05, 0.1) is 11.1 Å². The topological polar surface area (TPSA) is 69.3 Å². The lowest BCUT2D eigenvalue weighted by Gasteiger charge is -2.10. The van der Waals surface area contributed by atoms with Gasteiger partial charge in [0.2, 0.25) is 0 Å². The maximum absolute atomic E-state index is 13.1. The van der Waals surface area contributed by atoms with Crippen LogP contribution < -0.4 is 11.1 Å². The molecule has 0 atom stereocenters. The minimum atomic E-state index is -0.123. The molecule has 6 nitrogen and oxygen atoms in total. The minimum Gasteiger partial charge on any atom is -0.283 e. The molecule has 148 valence electrons. The van der Waals surface area contributed by atoms with Crippen molar-refractivity contribution in [3.63, 3.8) is 0 Å². The molecule has 0 saturated heterocycles. The summed E-state index contributed by atoms with van der Waals surface area (Å²) in [7, 11) is 0. The molecular formula is C21H20N4O2S2. The summed E-state index contributed by atoms with van der Waals surface area (Å²) in [5.74, 6) is 0.443. The number of hydrogen-bond donors (Lipinski definition) is 0. The van der Waals surface area contributed by atoms with E-state index in [1.54, 1.807) is 16.8 Å². The van der Waals surface area contributed by atoms with E-state index in [2.05, 4.69) is 11.6 Å². The average Bonchev–Trinajstić information content (AvgIpc) is 2.96. The number of fused-ring (bicyclic) bond motifs is 2.